The Morgan fingerprint density at radius 3 is 2.38 bits per heavy atom. The fraction of sp³-hybridized carbons (Fsp3) is 0.588. The Labute approximate surface area is 128 Å². The first-order chi connectivity index (χ1) is 9.83. The van der Waals surface area contributed by atoms with Crippen molar-refractivity contribution in [1.82, 2.24) is 4.90 Å². The van der Waals surface area contributed by atoms with Gasteiger partial charge in [-0.1, -0.05) is 30.3 Å². The molecule has 0 spiro atoms. The van der Waals surface area contributed by atoms with Crippen molar-refractivity contribution in [2.24, 2.45) is 0 Å². The summed E-state index contributed by atoms with van der Waals surface area (Å²) in [6, 6.07) is 10.2. The van der Waals surface area contributed by atoms with Gasteiger partial charge in [-0.3, -0.25) is 4.90 Å². The van der Waals surface area contributed by atoms with E-state index in [2.05, 4.69) is 12.1 Å². The summed E-state index contributed by atoms with van der Waals surface area (Å²) in [5.41, 5.74) is 0.737. The lowest BCUT2D eigenvalue weighted by Crippen LogP contribution is -2.42. The van der Waals surface area contributed by atoms with Crippen LogP contribution >= 0.6 is 0 Å². The molecule has 1 aromatic carbocycles. The molecule has 1 unspecified atom stereocenters. The molecular formula is C17H27NO3. The number of hydrogen-bond acceptors (Lipinski definition) is 3. The van der Waals surface area contributed by atoms with E-state index >= 15 is 0 Å². The molecule has 0 aliphatic carbocycles. The minimum absolute atomic E-state index is 0.273. The van der Waals surface area contributed by atoms with Crippen LogP contribution in [-0.2, 0) is 15.9 Å². The fourth-order valence-electron chi connectivity index (χ4n) is 1.97. The zero-order valence-corrected chi connectivity index (χ0v) is 13.8. The van der Waals surface area contributed by atoms with Gasteiger partial charge in [0.15, 0.2) is 0 Å². The number of hydrogen-bond donors (Lipinski definition) is 0. The minimum atomic E-state index is -0.498. The van der Waals surface area contributed by atoms with Gasteiger partial charge in [0.25, 0.3) is 0 Å². The van der Waals surface area contributed by atoms with Crippen LogP contribution < -0.4 is 0 Å². The van der Waals surface area contributed by atoms with Crippen LogP contribution in [-0.4, -0.2) is 36.5 Å². The van der Waals surface area contributed by atoms with Crippen molar-refractivity contribution in [3.8, 4) is 0 Å². The van der Waals surface area contributed by atoms with Gasteiger partial charge in [0.05, 0.1) is 0 Å². The van der Waals surface area contributed by atoms with Crippen LogP contribution in [0.15, 0.2) is 30.3 Å². The first-order valence-corrected chi connectivity index (χ1v) is 7.45. The second kappa shape index (κ2) is 8.03. The highest BCUT2D eigenvalue weighted by Crippen LogP contribution is 2.15. The van der Waals surface area contributed by atoms with E-state index in [-0.39, 0.29) is 12.3 Å². The number of carbonyl (C=O) groups is 1. The molecule has 0 aliphatic heterocycles. The Morgan fingerprint density at radius 2 is 1.86 bits per heavy atom. The van der Waals surface area contributed by atoms with E-state index in [1.165, 1.54) is 10.5 Å². The Morgan fingerprint density at radius 1 is 1.24 bits per heavy atom. The van der Waals surface area contributed by atoms with Crippen molar-refractivity contribution >= 4 is 6.09 Å². The molecule has 0 saturated carbocycles. The SMILES string of the molecule is CCOC(CCc1ccccc1)N(C)C(=O)OC(C)(C)C. The Bertz CT molecular complexity index is 425. The highest BCUT2D eigenvalue weighted by atomic mass is 16.6. The van der Waals surface area contributed by atoms with Gasteiger partial charge in [-0.25, -0.2) is 4.79 Å². The molecule has 21 heavy (non-hydrogen) atoms. The van der Waals surface area contributed by atoms with E-state index in [0.29, 0.717) is 6.61 Å². The molecule has 0 bridgehead atoms. The normalized spacial score (nSPS) is 12.8. The largest absolute Gasteiger partial charge is 0.444 e. The van der Waals surface area contributed by atoms with Gasteiger partial charge < -0.3 is 9.47 Å². The lowest BCUT2D eigenvalue weighted by molar-refractivity contribution is -0.0573. The molecule has 1 amide bonds. The van der Waals surface area contributed by atoms with Crippen LogP contribution in [0.3, 0.4) is 0 Å². The molecular weight excluding hydrogens is 266 g/mol. The van der Waals surface area contributed by atoms with Crippen LogP contribution in [0.5, 0.6) is 0 Å². The number of nitrogens with zero attached hydrogens (tertiary/aromatic N) is 1. The molecule has 1 atom stereocenters. The maximum atomic E-state index is 12.1. The quantitative estimate of drug-likeness (QED) is 0.748. The topological polar surface area (TPSA) is 38.8 Å². The predicted molar refractivity (Wildman–Crippen MR) is 84.2 cm³/mol. The highest BCUT2D eigenvalue weighted by Gasteiger charge is 2.25. The number of amides is 1. The van der Waals surface area contributed by atoms with Crippen molar-refractivity contribution in [3.63, 3.8) is 0 Å². The van der Waals surface area contributed by atoms with Crippen molar-refractivity contribution in [2.75, 3.05) is 13.7 Å². The number of rotatable bonds is 6. The molecule has 0 heterocycles. The average Bonchev–Trinajstić information content (AvgIpc) is 2.42. The maximum absolute atomic E-state index is 12.1. The molecule has 0 aromatic heterocycles. The number of ether oxygens (including phenoxy) is 2. The van der Waals surface area contributed by atoms with Crippen LogP contribution in [0, 0.1) is 0 Å². The first kappa shape index (κ1) is 17.5. The smallest absolute Gasteiger partial charge is 0.412 e. The van der Waals surface area contributed by atoms with Crippen LogP contribution in [0.1, 0.15) is 39.7 Å². The van der Waals surface area contributed by atoms with Gasteiger partial charge in [-0.2, -0.15) is 0 Å². The molecule has 4 nitrogen and oxygen atoms in total. The summed E-state index contributed by atoms with van der Waals surface area (Å²) in [6.45, 7) is 8.07. The average molecular weight is 293 g/mol. The van der Waals surface area contributed by atoms with Gasteiger partial charge in [0, 0.05) is 13.7 Å². The van der Waals surface area contributed by atoms with E-state index in [1.54, 1.807) is 7.05 Å². The number of benzene rings is 1. The number of carbonyl (C=O) groups excluding carboxylic acids is 1. The summed E-state index contributed by atoms with van der Waals surface area (Å²) >= 11 is 0. The fourth-order valence-corrected chi connectivity index (χ4v) is 1.97. The first-order valence-electron chi connectivity index (χ1n) is 7.45. The van der Waals surface area contributed by atoms with E-state index in [9.17, 15) is 4.79 Å². The van der Waals surface area contributed by atoms with Gasteiger partial charge >= 0.3 is 6.09 Å². The third-order valence-electron chi connectivity index (χ3n) is 3.00. The molecule has 0 fully saturated rings. The monoisotopic (exact) mass is 293 g/mol. The summed E-state index contributed by atoms with van der Waals surface area (Å²) in [5.74, 6) is 0. The van der Waals surface area contributed by atoms with E-state index in [4.69, 9.17) is 9.47 Å². The summed E-state index contributed by atoms with van der Waals surface area (Å²) in [4.78, 5) is 13.6. The molecule has 118 valence electrons. The summed E-state index contributed by atoms with van der Waals surface area (Å²) in [6.07, 6.45) is 0.978. The summed E-state index contributed by atoms with van der Waals surface area (Å²) in [5, 5.41) is 0. The Hall–Kier alpha value is -1.55. The Kier molecular flexibility index (Phi) is 6.69. The van der Waals surface area contributed by atoms with Gasteiger partial charge in [0.2, 0.25) is 0 Å². The van der Waals surface area contributed by atoms with E-state index in [1.807, 2.05) is 45.9 Å². The highest BCUT2D eigenvalue weighted by molar-refractivity contribution is 5.67. The van der Waals surface area contributed by atoms with Gasteiger partial charge in [-0.05, 0) is 46.1 Å². The van der Waals surface area contributed by atoms with E-state index < -0.39 is 5.60 Å². The maximum Gasteiger partial charge on any atom is 0.412 e. The molecule has 0 aliphatic rings. The second-order valence-corrected chi connectivity index (χ2v) is 6.03. The van der Waals surface area contributed by atoms with E-state index in [0.717, 1.165) is 12.8 Å². The van der Waals surface area contributed by atoms with Crippen molar-refractivity contribution < 1.29 is 14.3 Å². The molecule has 4 heteroatoms. The molecule has 1 rings (SSSR count). The van der Waals surface area contributed by atoms with Crippen LogP contribution in [0.4, 0.5) is 4.79 Å². The van der Waals surface area contributed by atoms with Crippen LogP contribution in [0.2, 0.25) is 0 Å². The standard InChI is InChI=1S/C17H27NO3/c1-6-20-15(13-12-14-10-8-7-9-11-14)18(5)16(19)21-17(2,3)4/h7-11,15H,6,12-13H2,1-5H3. The lowest BCUT2D eigenvalue weighted by Gasteiger charge is -2.30. The lowest BCUT2D eigenvalue weighted by atomic mass is 10.1. The zero-order valence-electron chi connectivity index (χ0n) is 13.8. The minimum Gasteiger partial charge on any atom is -0.444 e. The molecule has 0 saturated heterocycles. The van der Waals surface area contributed by atoms with Crippen molar-refractivity contribution in [1.29, 1.82) is 0 Å². The van der Waals surface area contributed by atoms with Crippen LogP contribution in [0.25, 0.3) is 0 Å². The predicted octanol–water partition coefficient (Wildman–Crippen LogP) is 3.85. The van der Waals surface area contributed by atoms with Gasteiger partial charge in [-0.15, -0.1) is 0 Å². The third-order valence-corrected chi connectivity index (χ3v) is 3.00. The summed E-state index contributed by atoms with van der Waals surface area (Å²) < 4.78 is 11.1. The summed E-state index contributed by atoms with van der Waals surface area (Å²) in [7, 11) is 1.72. The third kappa shape index (κ3) is 6.63. The molecule has 0 radical (unpaired) electrons. The molecule has 0 N–H and O–H groups in total. The van der Waals surface area contributed by atoms with Crippen molar-refractivity contribution in [2.45, 2.75) is 52.4 Å². The second-order valence-electron chi connectivity index (χ2n) is 6.03. The number of aryl methyl sites for hydroxylation is 1. The molecule has 1 aromatic rings. The zero-order chi connectivity index (χ0) is 15.9. The van der Waals surface area contributed by atoms with Gasteiger partial charge in [0.1, 0.15) is 11.8 Å². The Balaban J connectivity index is 2.61. The van der Waals surface area contributed by atoms with Crippen molar-refractivity contribution in [3.05, 3.63) is 35.9 Å².